The zero-order chi connectivity index (χ0) is 28.9. The van der Waals surface area contributed by atoms with Crippen molar-refractivity contribution < 1.29 is 0 Å². The molecule has 0 bridgehead atoms. The van der Waals surface area contributed by atoms with Crippen molar-refractivity contribution in [2.45, 2.75) is 160 Å². The predicted octanol–water partition coefficient (Wildman–Crippen LogP) is 12.6. The molecule has 6 unspecified atom stereocenters. The molecule has 3 fully saturated rings. The van der Waals surface area contributed by atoms with Crippen molar-refractivity contribution in [2.75, 3.05) is 0 Å². The summed E-state index contributed by atoms with van der Waals surface area (Å²) in [6.07, 6.45) is 22.9. The van der Waals surface area contributed by atoms with E-state index in [-0.39, 0.29) is 0 Å². The van der Waals surface area contributed by atoms with Crippen molar-refractivity contribution in [3.05, 3.63) is 24.3 Å². The normalized spacial score (nSPS) is 31.6. The second-order valence-electron chi connectivity index (χ2n) is 11.0. The number of allylic oxidation sites excluding steroid dienone is 3. The van der Waals surface area contributed by atoms with Crippen LogP contribution in [0, 0.1) is 52.3 Å². The van der Waals surface area contributed by atoms with Crippen LogP contribution in [0.25, 0.3) is 0 Å². The molecule has 0 N–H and O–H groups in total. The summed E-state index contributed by atoms with van der Waals surface area (Å²) >= 11 is 0. The molecule has 3 saturated carbocycles. The van der Waals surface area contributed by atoms with Gasteiger partial charge in [-0.15, -0.1) is 0 Å². The van der Waals surface area contributed by atoms with E-state index in [0.29, 0.717) is 11.0 Å². The van der Waals surface area contributed by atoms with Crippen LogP contribution in [0.1, 0.15) is 160 Å². The summed E-state index contributed by atoms with van der Waals surface area (Å²) in [7, 11) is 0. The number of hydrogen-bond acceptors (Lipinski definition) is 1. The number of nitrogens with zero attached hydrogens (tertiary/aromatic N) is 1. The first-order chi connectivity index (χ1) is 18.0. The first-order valence-corrected chi connectivity index (χ1v) is 16.7. The maximum Gasteiger partial charge on any atom is 0.0987 e. The lowest BCUT2D eigenvalue weighted by Gasteiger charge is -2.55. The van der Waals surface area contributed by atoms with Crippen LogP contribution in [-0.2, 0) is 0 Å². The SMILES string of the molecule is C=C/C(C#N)=C\C.CC.CC.CC.CCCCCC1C(CC)CCC2C1CCC1(C)C(CCC)CC[C@@H]21. The lowest BCUT2D eigenvalue weighted by atomic mass is 9.50. The molecule has 3 aliphatic rings. The third-order valence-electron chi connectivity index (χ3n) is 9.68. The molecule has 0 radical (unpaired) electrons. The highest BCUT2D eigenvalue weighted by Gasteiger charge is 2.55. The summed E-state index contributed by atoms with van der Waals surface area (Å²) in [6, 6.07) is 1.94. The van der Waals surface area contributed by atoms with Crippen LogP contribution in [0.3, 0.4) is 0 Å². The van der Waals surface area contributed by atoms with Gasteiger partial charge < -0.3 is 0 Å². The van der Waals surface area contributed by atoms with Crippen molar-refractivity contribution in [1.82, 2.24) is 0 Å². The van der Waals surface area contributed by atoms with E-state index in [4.69, 9.17) is 5.26 Å². The highest BCUT2D eigenvalue weighted by molar-refractivity contribution is 5.30. The van der Waals surface area contributed by atoms with Crippen molar-refractivity contribution in [3.63, 3.8) is 0 Å². The molecule has 37 heavy (non-hydrogen) atoms. The topological polar surface area (TPSA) is 23.8 Å². The van der Waals surface area contributed by atoms with Gasteiger partial charge in [0, 0.05) is 5.57 Å². The fraction of sp³-hybridized carbons (Fsp3) is 0.861. The minimum atomic E-state index is 0.625. The van der Waals surface area contributed by atoms with Gasteiger partial charge in [-0.3, -0.25) is 0 Å². The van der Waals surface area contributed by atoms with Crippen molar-refractivity contribution in [1.29, 1.82) is 5.26 Å². The molecule has 3 aliphatic carbocycles. The Hall–Kier alpha value is -1.03. The zero-order valence-electron chi connectivity index (χ0n) is 27.5. The molecule has 0 aliphatic heterocycles. The number of nitriles is 1. The van der Waals surface area contributed by atoms with Crippen LogP contribution in [0.4, 0.5) is 0 Å². The fourth-order valence-electron chi connectivity index (χ4n) is 7.98. The Kier molecular flexibility index (Phi) is 23.6. The predicted molar refractivity (Wildman–Crippen MR) is 170 cm³/mol. The number of hydrogen-bond donors (Lipinski definition) is 0. The van der Waals surface area contributed by atoms with Gasteiger partial charge in [-0.2, -0.15) is 5.26 Å². The van der Waals surface area contributed by atoms with Crippen LogP contribution >= 0.6 is 0 Å². The third kappa shape index (κ3) is 10.9. The number of unbranched alkanes of at least 4 members (excludes halogenated alkanes) is 2. The van der Waals surface area contributed by atoms with E-state index in [0.717, 1.165) is 35.5 Å². The minimum Gasteiger partial charge on any atom is -0.192 e. The molecule has 0 saturated heterocycles. The van der Waals surface area contributed by atoms with E-state index in [1.807, 2.05) is 47.6 Å². The monoisotopic (exact) mass is 516 g/mol. The molecule has 0 spiro atoms. The fourth-order valence-corrected chi connectivity index (χ4v) is 7.98. The van der Waals surface area contributed by atoms with Gasteiger partial charge >= 0.3 is 0 Å². The van der Waals surface area contributed by atoms with Crippen LogP contribution in [-0.4, -0.2) is 0 Å². The van der Waals surface area contributed by atoms with Gasteiger partial charge in [0.2, 0.25) is 0 Å². The van der Waals surface area contributed by atoms with Crippen molar-refractivity contribution in [2.24, 2.45) is 40.9 Å². The Morgan fingerprint density at radius 1 is 0.865 bits per heavy atom. The summed E-state index contributed by atoms with van der Waals surface area (Å²) in [4.78, 5) is 0. The highest BCUT2D eigenvalue weighted by atomic mass is 14.6. The van der Waals surface area contributed by atoms with Crippen LogP contribution < -0.4 is 0 Å². The Balaban J connectivity index is 0. The zero-order valence-corrected chi connectivity index (χ0v) is 27.5. The second kappa shape index (κ2) is 22.9. The summed E-state index contributed by atoms with van der Waals surface area (Å²) in [6.45, 7) is 27.2. The van der Waals surface area contributed by atoms with E-state index in [9.17, 15) is 0 Å². The molecule has 7 atom stereocenters. The van der Waals surface area contributed by atoms with Crippen LogP contribution in [0.5, 0.6) is 0 Å². The Labute approximate surface area is 236 Å². The molecule has 3 rings (SSSR count). The molecule has 218 valence electrons. The van der Waals surface area contributed by atoms with E-state index in [1.165, 1.54) is 44.6 Å². The van der Waals surface area contributed by atoms with Crippen molar-refractivity contribution in [3.8, 4) is 6.07 Å². The van der Waals surface area contributed by atoms with Gasteiger partial charge in [0.1, 0.15) is 0 Å². The van der Waals surface area contributed by atoms with Crippen LogP contribution in [0.15, 0.2) is 24.3 Å². The quantitative estimate of drug-likeness (QED) is 0.179. The average molecular weight is 516 g/mol. The molecule has 1 heteroatoms. The average Bonchev–Trinajstić information content (AvgIpc) is 3.30. The Bertz CT molecular complexity index is 611. The first kappa shape index (κ1) is 38.1. The van der Waals surface area contributed by atoms with Gasteiger partial charge in [-0.05, 0) is 92.8 Å². The highest BCUT2D eigenvalue weighted by Crippen LogP contribution is 2.64. The van der Waals surface area contributed by atoms with Crippen molar-refractivity contribution >= 4 is 0 Å². The summed E-state index contributed by atoms with van der Waals surface area (Å²) < 4.78 is 0. The molecule has 1 nitrogen and oxygen atoms in total. The van der Waals surface area contributed by atoms with Gasteiger partial charge in [0.15, 0.2) is 0 Å². The number of rotatable bonds is 8. The molecule has 0 aromatic heterocycles. The maximum absolute atomic E-state index is 8.14. The van der Waals surface area contributed by atoms with E-state index >= 15 is 0 Å². The van der Waals surface area contributed by atoms with Crippen LogP contribution in [0.2, 0.25) is 0 Å². The minimum absolute atomic E-state index is 0.625. The molecule has 0 heterocycles. The second-order valence-corrected chi connectivity index (χ2v) is 11.0. The molecular formula is C36H69N. The summed E-state index contributed by atoms with van der Waals surface area (Å²) in [5, 5.41) is 8.14. The molecule has 0 amide bonds. The molecule has 0 aromatic carbocycles. The smallest absolute Gasteiger partial charge is 0.0987 e. The van der Waals surface area contributed by atoms with Gasteiger partial charge in [-0.25, -0.2) is 0 Å². The lowest BCUT2D eigenvalue weighted by Crippen LogP contribution is -2.47. The molecule has 0 aromatic rings. The summed E-state index contributed by atoms with van der Waals surface area (Å²) in [5.74, 6) is 6.46. The third-order valence-corrected chi connectivity index (χ3v) is 9.68. The van der Waals surface area contributed by atoms with Gasteiger partial charge in [-0.1, -0.05) is 126 Å². The standard InChI is InChI=1S/C24H44.C6H7N.3C2H6/c1-5-8-9-11-20-18(7-3)12-14-22-21(20)16-17-24(4)19(10-6-2)13-15-23(22)24;1-3-6(4-2)5-7;3*1-2/h18-23H,5-17H2,1-4H3;3-4H,1H2,2H3;3*1-2H3/b;6-4+;;;/t18?,19?,20?,21?,22?,23-,24?;;;;/m0..../s1. The van der Waals surface area contributed by atoms with Gasteiger partial charge in [0.05, 0.1) is 6.07 Å². The van der Waals surface area contributed by atoms with E-state index in [2.05, 4.69) is 34.3 Å². The van der Waals surface area contributed by atoms with E-state index in [1.54, 1.807) is 57.9 Å². The Morgan fingerprint density at radius 3 is 1.97 bits per heavy atom. The summed E-state index contributed by atoms with van der Waals surface area (Å²) in [5.41, 5.74) is 1.34. The lowest BCUT2D eigenvalue weighted by molar-refractivity contribution is -0.0559. The number of fused-ring (bicyclic) bond motifs is 3. The molecular weight excluding hydrogens is 446 g/mol. The first-order valence-electron chi connectivity index (χ1n) is 16.7. The Morgan fingerprint density at radius 2 is 1.51 bits per heavy atom. The van der Waals surface area contributed by atoms with Gasteiger partial charge in [0.25, 0.3) is 0 Å². The largest absolute Gasteiger partial charge is 0.192 e. The van der Waals surface area contributed by atoms with E-state index < -0.39 is 0 Å². The maximum atomic E-state index is 8.14.